The molecule has 0 saturated carbocycles. The normalized spacial score (nSPS) is 15.6. The molecule has 65 atom stereocenters. The van der Waals surface area contributed by atoms with Crippen LogP contribution < -0.4 is 0 Å². The van der Waals surface area contributed by atoms with Gasteiger partial charge < -0.3 is 0 Å². The van der Waals surface area contributed by atoms with Crippen LogP contribution in [0.25, 0.3) is 0 Å². The predicted octanol–water partition coefficient (Wildman–Crippen LogP) is 69.7. The van der Waals surface area contributed by atoms with E-state index in [0.717, 1.165) is 7.96 Å². The van der Waals surface area contributed by atoms with Gasteiger partial charge in [-0.1, -0.05) is 49.5 Å². The van der Waals surface area contributed by atoms with Gasteiger partial charge in [-0.15, -0.1) is 509 Å². The Kier molecular flexibility index (Phi) is 151. The van der Waals surface area contributed by atoms with Gasteiger partial charge in [-0.3, -0.25) is 0 Å². The van der Waals surface area contributed by atoms with Crippen molar-refractivity contribution in [3.63, 3.8) is 0 Å². The zero-order valence-corrected chi connectivity index (χ0v) is 177. The minimum absolute atomic E-state index is 0. The first-order valence-corrected chi connectivity index (χ1v) is 234. The molecule has 724 valence electrons. The molecule has 0 amide bonds. The van der Waals surface area contributed by atoms with E-state index in [0.29, 0.717) is 0 Å². The fourth-order valence-corrected chi connectivity index (χ4v) is 1630. The lowest BCUT2D eigenvalue weighted by Gasteiger charge is -2.57. The van der Waals surface area contributed by atoms with Gasteiger partial charge in [0.2, 0.25) is 0 Å². The molecule has 0 aromatic carbocycles. The summed E-state index contributed by atoms with van der Waals surface area (Å²) in [6.07, 6.45) is 0. The average molecular weight is 3740 g/mol. The Morgan fingerprint density at radius 2 is 0.244 bits per heavy atom. The Morgan fingerprint density at radius 3 is 0.370 bits per heavy atom. The molecule has 0 aliphatic rings. The molecule has 0 spiro atoms. The minimum atomic E-state index is -0.367. The van der Waals surface area contributed by atoms with E-state index in [1.165, 1.54) is 15.0 Å². The largest absolute Gasteiger partial charge is 0.109 e. The number of hydrogen-bond acceptors (Lipinski definition) is 1. The fourth-order valence-electron chi connectivity index (χ4n) is 6.70. The third kappa shape index (κ3) is 66.8. The van der Waals surface area contributed by atoms with E-state index < -0.39 is 0 Å². The lowest BCUT2D eigenvalue weighted by Crippen LogP contribution is -1.70. The summed E-state index contributed by atoms with van der Waals surface area (Å²) in [6.45, 7) is -10.5. The lowest BCUT2D eigenvalue weighted by molar-refractivity contribution is 2.50. The topological polar surface area (TPSA) is 0 Å². The molecule has 0 aliphatic carbocycles. The van der Waals surface area contributed by atoms with Crippen LogP contribution in [0.4, 0.5) is 0 Å². The SMILES string of the molecule is C.C.C.C.PP(P)P(P(P)P)P(P(P)P)P(PP(P(P(P(P)P)P(P)P)P(P(P)P)P(P)P)P(P(P(P)P)P(P)P)P(P(P)P)P(P)P)P(P(P(P)P)P(P)P)P(P(P)P)P(P)P.PPP(P(P)P)P(P(P(P)P)P(P)P)P(P(P=S)P(P(P(P(P)P)P(P)P)P(P(P)P)P(P)P)P(P(P(P)P)P(P)P)P(P(P)P)P(P)P)P(P(P)P)P(P)P. The fraction of sp³-hybridized carbons (Fsp3) is 1.00. The lowest BCUT2D eigenvalue weighted by atomic mass is 12.0. The molecule has 115 heteroatoms. The first kappa shape index (κ1) is 179. The van der Waals surface area contributed by atoms with Crippen LogP contribution in [-0.4, -0.2) is 0 Å². The maximum atomic E-state index is 7.00. The van der Waals surface area contributed by atoms with Crippen LogP contribution in [0.1, 0.15) is 29.7 Å². The van der Waals surface area contributed by atoms with Gasteiger partial charge in [0.05, 0.1) is 0 Å². The van der Waals surface area contributed by atoms with Crippen LogP contribution in [-0.2, 0) is 11.8 Å². The summed E-state index contributed by atoms with van der Waals surface area (Å²) in [6, 6.07) is 0. The summed E-state index contributed by atoms with van der Waals surface area (Å²) in [4.78, 5) is 0. The van der Waals surface area contributed by atoms with Crippen molar-refractivity contribution in [2.75, 3.05) is 0 Å². The molecule has 0 nitrogen and oxygen atoms in total. The zero-order valence-electron chi connectivity index (χ0n) is 58.9. The van der Waals surface area contributed by atoms with E-state index in [2.05, 4.69) is 509 Å². The monoisotopic (exact) mass is 3740 g/mol. The van der Waals surface area contributed by atoms with Crippen molar-refractivity contribution < 1.29 is 0 Å². The van der Waals surface area contributed by atoms with Gasteiger partial charge in [0.15, 0.2) is 0 Å². The van der Waals surface area contributed by atoms with Crippen molar-refractivity contribution in [1.82, 2.24) is 0 Å². The van der Waals surface area contributed by atoms with Crippen LogP contribution in [0, 0.1) is 0 Å². The maximum absolute atomic E-state index is 7.00. The highest BCUT2D eigenvalue weighted by atomic mass is 33.6. The van der Waals surface area contributed by atoms with Crippen LogP contribution in [0.2, 0.25) is 0 Å². The molecule has 0 bridgehead atoms. The quantitative estimate of drug-likeness (QED) is 0.0547. The second kappa shape index (κ2) is 101. The molecule has 0 saturated heterocycles. The first-order valence-electron chi connectivity index (χ1n) is 26.0. The Balaban J connectivity index is -0.000000520. The molecule has 119 heavy (non-hydrogen) atoms. The highest BCUT2D eigenvalue weighted by molar-refractivity contribution is 9.54. The standard InChI is InChI=1S/4CH4.H61P59.H55P55S/c;;;;1-32(2)49(33(3)4)56(46(29)30)47(57(50(34(5)6)35(7)8)51(36(9)10)37(11)12)31-48(58(52(38(13)14)39(15)16)53(40(17)18)41(19)20)59(54(42(21)22)43(23)24)55(44(25)26)45(27)28;1-28-43(30(2)3)51(45(31(4)5)32(6)7)52(46(33(8)9)34(10)11)44(29-56)53(54(47(35(12)13)36(14)15)48(37(16)17)38(18)19)55(49(39(20)21)40(22)23)50(41(24)25)42(26)27/h4*1H4;31H,1-30H2;28H,1-27H2. The van der Waals surface area contributed by atoms with E-state index in [4.69, 9.17) is 11.8 Å². The first-order chi connectivity index (χ1) is 52.4. The van der Waals surface area contributed by atoms with Crippen molar-refractivity contribution in [3.05, 3.63) is 0 Å². The predicted molar refractivity (Wildman–Crippen MR) is 985 cm³/mol. The van der Waals surface area contributed by atoms with Crippen molar-refractivity contribution in [3.8, 4) is 0 Å². The molecule has 65 unspecified atom stereocenters. The Labute approximate surface area is 935 Å². The summed E-state index contributed by atoms with van der Waals surface area (Å²) in [5.74, 6) is 0. The highest BCUT2D eigenvalue weighted by Gasteiger charge is 2.61. The van der Waals surface area contributed by atoms with Crippen molar-refractivity contribution in [1.29, 1.82) is 0 Å². The number of hydrogen-bond donors (Lipinski definition) is 0. The van der Waals surface area contributed by atoms with E-state index in [1.54, 1.807) is 0 Å². The minimum Gasteiger partial charge on any atom is -0.109 e. The van der Waals surface area contributed by atoms with Gasteiger partial charge in [-0.2, -0.15) is 0 Å². The summed E-state index contributed by atoms with van der Waals surface area (Å²) in [7, 11) is 203. The number of rotatable bonds is 55. The Hall–Kier alpha value is 49.1. The van der Waals surface area contributed by atoms with Crippen molar-refractivity contribution >= 4 is 921 Å². The molecule has 0 aromatic heterocycles. The maximum Gasteiger partial charge on any atom is 0.0292 e. The van der Waals surface area contributed by atoms with Crippen LogP contribution >= 0.6 is 909 Å². The van der Waals surface area contributed by atoms with E-state index >= 15 is 0 Å². The summed E-state index contributed by atoms with van der Waals surface area (Å²) < 4.78 is 0. The van der Waals surface area contributed by atoms with E-state index in [1.807, 2.05) is 0 Å². The van der Waals surface area contributed by atoms with Gasteiger partial charge in [0.25, 0.3) is 0 Å². The molecule has 0 heterocycles. The zero-order chi connectivity index (χ0) is 91.3. The molecular weight excluding hydrogens is 3610 g/mol. The molecule has 0 N–H and O–H groups in total. The third-order valence-corrected chi connectivity index (χ3v) is 801. The third-order valence-electron chi connectivity index (χ3n) is 9.89. The molecule has 0 radical (unpaired) electrons. The van der Waals surface area contributed by atoms with Crippen molar-refractivity contribution in [2.45, 2.75) is 29.7 Å². The summed E-state index contributed by atoms with van der Waals surface area (Å²) in [5, 5.41) is 0. The Morgan fingerprint density at radius 1 is 0.134 bits per heavy atom. The van der Waals surface area contributed by atoms with Gasteiger partial charge in [0.1, 0.15) is 0 Å². The van der Waals surface area contributed by atoms with Crippen LogP contribution in [0.5, 0.6) is 0 Å². The Bertz CT molecular complexity index is 2150. The highest BCUT2D eigenvalue weighted by Crippen LogP contribution is 3.48. The smallest absolute Gasteiger partial charge is 0.0292 e. The molecule has 0 rings (SSSR count). The van der Waals surface area contributed by atoms with Gasteiger partial charge in [-0.25, -0.2) is 0 Å². The van der Waals surface area contributed by atoms with E-state index in [-0.39, 0.29) is 407 Å². The summed E-state index contributed by atoms with van der Waals surface area (Å²) >= 11 is 7.00. The van der Waals surface area contributed by atoms with Gasteiger partial charge in [-0.05, 0) is 364 Å². The molecule has 0 fully saturated rings. The van der Waals surface area contributed by atoms with Gasteiger partial charge in [0, 0.05) is 28.0 Å². The van der Waals surface area contributed by atoms with E-state index in [9.17, 15) is 0 Å². The second-order valence-corrected chi connectivity index (χ2v) is 486. The second-order valence-electron chi connectivity index (χ2n) is 18.0. The molecule has 0 aliphatic heterocycles. The average Bonchev–Trinajstić information content (AvgIpc) is 0.742. The van der Waals surface area contributed by atoms with Crippen molar-refractivity contribution in [2.24, 2.45) is 0 Å². The summed E-state index contributed by atoms with van der Waals surface area (Å²) in [5.41, 5.74) is 0. The van der Waals surface area contributed by atoms with Crippen LogP contribution in [0.15, 0.2) is 0 Å². The molecular formula is C4H132P114S. The van der Waals surface area contributed by atoms with Gasteiger partial charge >= 0.3 is 0 Å². The molecule has 0 aromatic rings. The van der Waals surface area contributed by atoms with Crippen LogP contribution in [0.3, 0.4) is 0 Å².